The third-order valence-corrected chi connectivity index (χ3v) is 3.22. The van der Waals surface area contributed by atoms with E-state index in [9.17, 15) is 9.90 Å². The standard InChI is InChI=1S/C8H8N2.C8H15NO3/c1-6-5-8-7(10-6)3-2-4-9-8;1-8(2,11)5-12-7-3-9(4-7)6-10/h2-5,10H,1H3;6-7,11H,3-5H2,1-2H3. The van der Waals surface area contributed by atoms with Gasteiger partial charge in [-0.15, -0.1) is 0 Å². The average molecular weight is 305 g/mol. The van der Waals surface area contributed by atoms with Crippen LogP contribution in [-0.4, -0.2) is 57.8 Å². The van der Waals surface area contributed by atoms with Gasteiger partial charge in [-0.25, -0.2) is 0 Å². The smallest absolute Gasteiger partial charge is 0.209 e. The molecule has 2 aromatic heterocycles. The van der Waals surface area contributed by atoms with Crippen molar-refractivity contribution >= 4 is 17.4 Å². The molecule has 22 heavy (non-hydrogen) atoms. The number of fused-ring (bicyclic) bond motifs is 1. The first-order chi connectivity index (χ1) is 10.4. The van der Waals surface area contributed by atoms with Crippen molar-refractivity contribution in [2.75, 3.05) is 19.7 Å². The Morgan fingerprint density at radius 1 is 1.55 bits per heavy atom. The van der Waals surface area contributed by atoms with Crippen molar-refractivity contribution < 1.29 is 14.6 Å². The first-order valence-electron chi connectivity index (χ1n) is 7.31. The van der Waals surface area contributed by atoms with Gasteiger partial charge >= 0.3 is 0 Å². The number of nitrogens with one attached hydrogen (secondary N) is 1. The third-order valence-electron chi connectivity index (χ3n) is 3.22. The fourth-order valence-corrected chi connectivity index (χ4v) is 2.07. The Kier molecular flexibility index (Phi) is 5.15. The Morgan fingerprint density at radius 3 is 2.86 bits per heavy atom. The Labute approximate surface area is 130 Å². The Hall–Kier alpha value is -1.92. The van der Waals surface area contributed by atoms with Gasteiger partial charge in [-0.05, 0) is 39.0 Å². The van der Waals surface area contributed by atoms with E-state index in [1.54, 1.807) is 24.9 Å². The number of likely N-dealkylation sites (tertiary alicyclic amines) is 1. The fourth-order valence-electron chi connectivity index (χ4n) is 2.07. The predicted octanol–water partition coefficient (Wildman–Crippen LogP) is 1.49. The lowest BCUT2D eigenvalue weighted by atomic mass is 10.1. The summed E-state index contributed by atoms with van der Waals surface area (Å²) in [5, 5.41) is 9.30. The maximum Gasteiger partial charge on any atom is 0.209 e. The summed E-state index contributed by atoms with van der Waals surface area (Å²) in [5.74, 6) is 0. The second kappa shape index (κ2) is 6.89. The van der Waals surface area contributed by atoms with Crippen molar-refractivity contribution in [3.05, 3.63) is 30.1 Å². The zero-order chi connectivity index (χ0) is 16.2. The van der Waals surface area contributed by atoms with E-state index in [1.165, 1.54) is 0 Å². The number of aromatic nitrogens is 2. The fraction of sp³-hybridized carbons (Fsp3) is 0.500. The zero-order valence-corrected chi connectivity index (χ0v) is 13.2. The molecule has 1 aliphatic heterocycles. The number of carbonyl (C=O) groups is 1. The summed E-state index contributed by atoms with van der Waals surface area (Å²) in [6, 6.07) is 5.99. The minimum atomic E-state index is -0.776. The molecule has 0 atom stereocenters. The van der Waals surface area contributed by atoms with Gasteiger partial charge in [0.25, 0.3) is 0 Å². The van der Waals surface area contributed by atoms with E-state index in [2.05, 4.69) is 9.97 Å². The van der Waals surface area contributed by atoms with Crippen LogP contribution in [0.3, 0.4) is 0 Å². The second-order valence-corrected chi connectivity index (χ2v) is 6.19. The number of aromatic amines is 1. The van der Waals surface area contributed by atoms with Gasteiger partial charge in [0.2, 0.25) is 6.41 Å². The van der Waals surface area contributed by atoms with Gasteiger partial charge in [-0.3, -0.25) is 9.78 Å². The number of H-pyrrole nitrogens is 1. The molecule has 1 fully saturated rings. The molecule has 0 bridgehead atoms. The molecular formula is C16H23N3O3. The largest absolute Gasteiger partial charge is 0.388 e. The molecule has 1 amide bonds. The molecule has 6 heteroatoms. The van der Waals surface area contributed by atoms with Crippen LogP contribution in [0.5, 0.6) is 0 Å². The number of pyridine rings is 1. The molecule has 0 aliphatic carbocycles. The van der Waals surface area contributed by atoms with E-state index < -0.39 is 5.60 Å². The van der Waals surface area contributed by atoms with Gasteiger partial charge in [0.1, 0.15) is 0 Å². The van der Waals surface area contributed by atoms with Crippen molar-refractivity contribution in [1.29, 1.82) is 0 Å². The van der Waals surface area contributed by atoms with Crippen LogP contribution in [0, 0.1) is 6.92 Å². The second-order valence-electron chi connectivity index (χ2n) is 6.19. The summed E-state index contributed by atoms with van der Waals surface area (Å²) in [4.78, 5) is 19.2. The van der Waals surface area contributed by atoms with Crippen LogP contribution in [0.2, 0.25) is 0 Å². The van der Waals surface area contributed by atoms with Gasteiger partial charge in [0.15, 0.2) is 0 Å². The molecular weight excluding hydrogens is 282 g/mol. The molecule has 3 rings (SSSR count). The maximum atomic E-state index is 10.2. The monoisotopic (exact) mass is 305 g/mol. The van der Waals surface area contributed by atoms with Gasteiger partial charge in [-0.2, -0.15) is 0 Å². The van der Waals surface area contributed by atoms with Crippen molar-refractivity contribution in [2.45, 2.75) is 32.5 Å². The Bertz CT molecular complexity index is 579. The van der Waals surface area contributed by atoms with Gasteiger partial charge in [0.05, 0.1) is 29.3 Å². The average Bonchev–Trinajstić information content (AvgIpc) is 2.76. The van der Waals surface area contributed by atoms with Gasteiger partial charge in [0, 0.05) is 25.0 Å². The molecule has 1 aliphatic rings. The van der Waals surface area contributed by atoms with Crippen LogP contribution in [0.25, 0.3) is 11.0 Å². The molecule has 0 unspecified atom stereocenters. The molecule has 0 aromatic carbocycles. The number of amides is 1. The van der Waals surface area contributed by atoms with E-state index in [0.717, 1.165) is 23.1 Å². The molecule has 0 radical (unpaired) electrons. The number of hydrogen-bond acceptors (Lipinski definition) is 4. The van der Waals surface area contributed by atoms with E-state index in [-0.39, 0.29) is 6.10 Å². The topological polar surface area (TPSA) is 78.5 Å². The number of aliphatic hydroxyl groups is 1. The van der Waals surface area contributed by atoms with Crippen LogP contribution in [0.1, 0.15) is 19.5 Å². The summed E-state index contributed by atoms with van der Waals surface area (Å²) >= 11 is 0. The van der Waals surface area contributed by atoms with E-state index in [0.29, 0.717) is 19.7 Å². The molecule has 2 aromatic rings. The van der Waals surface area contributed by atoms with E-state index in [4.69, 9.17) is 4.74 Å². The normalized spacial score (nSPS) is 15.2. The number of aryl methyl sites for hydroxylation is 1. The van der Waals surface area contributed by atoms with Crippen LogP contribution >= 0.6 is 0 Å². The number of hydrogen-bond donors (Lipinski definition) is 2. The minimum absolute atomic E-state index is 0.113. The predicted molar refractivity (Wildman–Crippen MR) is 84.5 cm³/mol. The third kappa shape index (κ3) is 4.82. The lowest BCUT2D eigenvalue weighted by Gasteiger charge is -2.37. The highest BCUT2D eigenvalue weighted by Crippen LogP contribution is 2.12. The SMILES string of the molecule is CC(C)(O)COC1CN(C=O)C1.Cc1cc2ncccc2[nH]1. The lowest BCUT2D eigenvalue weighted by Crippen LogP contribution is -2.52. The highest BCUT2D eigenvalue weighted by Gasteiger charge is 2.27. The molecule has 120 valence electrons. The first-order valence-corrected chi connectivity index (χ1v) is 7.31. The van der Waals surface area contributed by atoms with Crippen LogP contribution in [0.15, 0.2) is 24.4 Å². The van der Waals surface area contributed by atoms with Crippen LogP contribution in [0.4, 0.5) is 0 Å². The van der Waals surface area contributed by atoms with Crippen LogP contribution < -0.4 is 0 Å². The number of ether oxygens (including phenoxy) is 1. The Morgan fingerprint density at radius 2 is 2.27 bits per heavy atom. The molecule has 6 nitrogen and oxygen atoms in total. The highest BCUT2D eigenvalue weighted by molar-refractivity contribution is 5.75. The van der Waals surface area contributed by atoms with E-state index in [1.807, 2.05) is 25.1 Å². The summed E-state index contributed by atoms with van der Waals surface area (Å²) < 4.78 is 5.32. The molecule has 0 saturated carbocycles. The summed E-state index contributed by atoms with van der Waals surface area (Å²) in [6.07, 6.45) is 2.72. The summed E-state index contributed by atoms with van der Waals surface area (Å²) in [6.45, 7) is 7.05. The van der Waals surface area contributed by atoms with Crippen LogP contribution in [-0.2, 0) is 9.53 Å². The van der Waals surface area contributed by atoms with Gasteiger partial charge in [-0.1, -0.05) is 0 Å². The molecule has 0 spiro atoms. The Balaban J connectivity index is 0.000000162. The molecule has 1 saturated heterocycles. The molecule has 3 heterocycles. The lowest BCUT2D eigenvalue weighted by molar-refractivity contribution is -0.137. The van der Waals surface area contributed by atoms with Crippen molar-refractivity contribution in [1.82, 2.24) is 14.9 Å². The number of nitrogens with zero attached hydrogens (tertiary/aromatic N) is 2. The van der Waals surface area contributed by atoms with Crippen molar-refractivity contribution in [2.24, 2.45) is 0 Å². The van der Waals surface area contributed by atoms with Crippen molar-refractivity contribution in [3.63, 3.8) is 0 Å². The summed E-state index contributed by atoms with van der Waals surface area (Å²) in [5.41, 5.74) is 2.54. The maximum absolute atomic E-state index is 10.2. The highest BCUT2D eigenvalue weighted by atomic mass is 16.5. The number of rotatable bonds is 4. The minimum Gasteiger partial charge on any atom is -0.388 e. The van der Waals surface area contributed by atoms with Gasteiger partial charge < -0.3 is 19.7 Å². The summed E-state index contributed by atoms with van der Waals surface area (Å²) in [7, 11) is 0. The first kappa shape index (κ1) is 16.5. The quantitative estimate of drug-likeness (QED) is 0.839. The van der Waals surface area contributed by atoms with Crippen molar-refractivity contribution in [3.8, 4) is 0 Å². The van der Waals surface area contributed by atoms with E-state index >= 15 is 0 Å². The number of carbonyl (C=O) groups excluding carboxylic acids is 1. The molecule has 2 N–H and O–H groups in total. The zero-order valence-electron chi connectivity index (χ0n) is 13.2.